The number of hydrogen-bond donors (Lipinski definition) is 1. The predicted molar refractivity (Wildman–Crippen MR) is 90.1 cm³/mol. The second-order valence-corrected chi connectivity index (χ2v) is 5.98. The molecule has 0 spiro atoms. The maximum absolute atomic E-state index is 12.4. The molecule has 0 bridgehead atoms. The number of nitrogens with one attached hydrogen (secondary N) is 1. The number of nitrogens with zero attached hydrogens (tertiary/aromatic N) is 1. The smallest absolute Gasteiger partial charge is 0.349 e. The molecule has 25 heavy (non-hydrogen) atoms. The van der Waals surface area contributed by atoms with Crippen LogP contribution in [0.3, 0.4) is 0 Å². The van der Waals surface area contributed by atoms with Crippen molar-refractivity contribution >= 4 is 28.7 Å². The molecule has 1 aliphatic rings. The van der Waals surface area contributed by atoms with Crippen LogP contribution in [0.1, 0.15) is 42.3 Å². The molecule has 1 aliphatic heterocycles. The highest BCUT2D eigenvalue weighted by Crippen LogP contribution is 2.25. The first-order chi connectivity index (χ1) is 12.0. The summed E-state index contributed by atoms with van der Waals surface area (Å²) in [6.45, 7) is 3.95. The third-order valence-corrected chi connectivity index (χ3v) is 4.49. The molecule has 1 aromatic heterocycles. The van der Waals surface area contributed by atoms with Crippen LogP contribution >= 0.6 is 0 Å². The monoisotopic (exact) mass is 334 g/mol. The van der Waals surface area contributed by atoms with E-state index in [9.17, 15) is 14.4 Å². The molecule has 0 unspecified atom stereocenters. The number of amides is 2. The van der Waals surface area contributed by atoms with E-state index in [1.165, 1.54) is 12.1 Å². The van der Waals surface area contributed by atoms with Gasteiger partial charge in [-0.1, -0.05) is 23.3 Å². The van der Waals surface area contributed by atoms with Crippen molar-refractivity contribution < 1.29 is 19.2 Å². The van der Waals surface area contributed by atoms with E-state index in [1.807, 2.05) is 26.0 Å². The Hall–Kier alpha value is -3.41. The first-order valence-corrected chi connectivity index (χ1v) is 7.76. The van der Waals surface area contributed by atoms with E-state index >= 15 is 0 Å². The lowest BCUT2D eigenvalue weighted by Gasteiger charge is -2.11. The SMILES string of the molecule is Cc1ccc2[nH]c(C(=O)ON3C(=O)c4ccccc4C3=O)cc2c1C. The normalized spacial score (nSPS) is 13.4. The van der Waals surface area contributed by atoms with E-state index in [0.717, 1.165) is 22.0 Å². The number of aromatic amines is 1. The van der Waals surface area contributed by atoms with Gasteiger partial charge in [0.2, 0.25) is 0 Å². The van der Waals surface area contributed by atoms with E-state index in [0.29, 0.717) is 5.06 Å². The Balaban J connectivity index is 1.64. The van der Waals surface area contributed by atoms with Crippen molar-refractivity contribution in [2.24, 2.45) is 0 Å². The molecule has 4 rings (SSSR count). The summed E-state index contributed by atoms with van der Waals surface area (Å²) in [6, 6.07) is 11.8. The van der Waals surface area contributed by atoms with Crippen LogP contribution in [0.15, 0.2) is 42.5 Å². The number of benzene rings is 2. The number of H-pyrrole nitrogens is 1. The highest BCUT2D eigenvalue weighted by Gasteiger charge is 2.39. The first-order valence-electron chi connectivity index (χ1n) is 7.76. The number of rotatable bonds is 2. The van der Waals surface area contributed by atoms with Crippen molar-refractivity contribution in [1.29, 1.82) is 0 Å². The van der Waals surface area contributed by atoms with Gasteiger partial charge in [0.05, 0.1) is 11.1 Å². The lowest BCUT2D eigenvalue weighted by molar-refractivity contribution is -0.0587. The van der Waals surface area contributed by atoms with Crippen LogP contribution in [0.25, 0.3) is 10.9 Å². The number of aryl methyl sites for hydroxylation is 2. The summed E-state index contributed by atoms with van der Waals surface area (Å²) in [7, 11) is 0. The third kappa shape index (κ3) is 2.22. The van der Waals surface area contributed by atoms with Crippen LogP contribution in [-0.4, -0.2) is 27.8 Å². The van der Waals surface area contributed by atoms with Crippen LogP contribution in [-0.2, 0) is 4.84 Å². The number of carbonyl (C=O) groups excluding carboxylic acids is 3. The lowest BCUT2D eigenvalue weighted by atomic mass is 10.1. The summed E-state index contributed by atoms with van der Waals surface area (Å²) in [5, 5.41) is 1.41. The zero-order valence-electron chi connectivity index (χ0n) is 13.6. The van der Waals surface area contributed by atoms with Crippen molar-refractivity contribution in [3.05, 3.63) is 70.4 Å². The lowest BCUT2D eigenvalue weighted by Crippen LogP contribution is -2.32. The standard InChI is InChI=1S/C19H14N2O4/c1-10-7-8-15-14(11(10)2)9-16(20-15)19(24)25-21-17(22)12-5-3-4-6-13(12)18(21)23/h3-9,20H,1-2H3. The molecule has 124 valence electrons. The van der Waals surface area contributed by atoms with Gasteiger partial charge in [0.25, 0.3) is 11.8 Å². The van der Waals surface area contributed by atoms with Gasteiger partial charge < -0.3 is 9.82 Å². The maximum atomic E-state index is 12.4. The van der Waals surface area contributed by atoms with Crippen molar-refractivity contribution in [1.82, 2.24) is 10.0 Å². The molecule has 6 heteroatoms. The number of imide groups is 1. The zero-order chi connectivity index (χ0) is 17.7. The maximum Gasteiger partial charge on any atom is 0.380 e. The molecule has 6 nitrogen and oxygen atoms in total. The molecule has 0 radical (unpaired) electrons. The summed E-state index contributed by atoms with van der Waals surface area (Å²) < 4.78 is 0. The zero-order valence-corrected chi connectivity index (χ0v) is 13.6. The second kappa shape index (κ2) is 5.31. The van der Waals surface area contributed by atoms with Gasteiger partial charge in [-0.15, -0.1) is 0 Å². The highest BCUT2D eigenvalue weighted by molar-refractivity contribution is 6.21. The molecule has 1 N–H and O–H groups in total. The highest BCUT2D eigenvalue weighted by atomic mass is 16.7. The number of hydrogen-bond acceptors (Lipinski definition) is 4. The summed E-state index contributed by atoms with van der Waals surface area (Å²) in [6.07, 6.45) is 0. The first kappa shape index (κ1) is 15.1. The molecule has 0 aliphatic carbocycles. The molecule has 0 saturated carbocycles. The Morgan fingerprint density at radius 3 is 2.28 bits per heavy atom. The van der Waals surface area contributed by atoms with E-state index in [1.54, 1.807) is 18.2 Å². The fraction of sp³-hybridized carbons (Fsp3) is 0.105. The summed E-state index contributed by atoms with van der Waals surface area (Å²) in [4.78, 5) is 45.0. The van der Waals surface area contributed by atoms with Gasteiger partial charge in [-0.2, -0.15) is 0 Å². The summed E-state index contributed by atoms with van der Waals surface area (Å²) in [5.74, 6) is -2.07. The Morgan fingerprint density at radius 2 is 1.64 bits per heavy atom. The van der Waals surface area contributed by atoms with Gasteiger partial charge >= 0.3 is 5.97 Å². The minimum absolute atomic E-state index is 0.181. The molecular formula is C19H14N2O4. The minimum Gasteiger partial charge on any atom is -0.349 e. The van der Waals surface area contributed by atoms with E-state index in [-0.39, 0.29) is 16.8 Å². The van der Waals surface area contributed by atoms with Gasteiger partial charge in [-0.05, 0) is 49.2 Å². The molecule has 2 aromatic carbocycles. The van der Waals surface area contributed by atoms with Crippen LogP contribution in [0.4, 0.5) is 0 Å². The molecule has 0 fully saturated rings. The molecule has 0 saturated heterocycles. The van der Waals surface area contributed by atoms with E-state index < -0.39 is 17.8 Å². The number of hydroxylamine groups is 2. The van der Waals surface area contributed by atoms with Crippen LogP contribution in [0.5, 0.6) is 0 Å². The second-order valence-electron chi connectivity index (χ2n) is 5.98. The van der Waals surface area contributed by atoms with E-state index in [2.05, 4.69) is 4.98 Å². The van der Waals surface area contributed by atoms with Gasteiger partial charge in [0, 0.05) is 10.9 Å². The van der Waals surface area contributed by atoms with Gasteiger partial charge in [-0.25, -0.2) is 4.79 Å². The number of carbonyl (C=O) groups is 3. The largest absolute Gasteiger partial charge is 0.380 e. The number of aromatic nitrogens is 1. The third-order valence-electron chi connectivity index (χ3n) is 4.49. The quantitative estimate of drug-likeness (QED) is 0.730. The number of fused-ring (bicyclic) bond motifs is 2. The summed E-state index contributed by atoms with van der Waals surface area (Å²) >= 11 is 0. The predicted octanol–water partition coefficient (Wildman–Crippen LogP) is 3.15. The van der Waals surface area contributed by atoms with E-state index in [4.69, 9.17) is 4.84 Å². The minimum atomic E-state index is -0.789. The van der Waals surface area contributed by atoms with Gasteiger partial charge in [0.1, 0.15) is 5.69 Å². The Morgan fingerprint density at radius 1 is 1.00 bits per heavy atom. The molecule has 2 amide bonds. The van der Waals surface area contributed by atoms with Gasteiger partial charge in [-0.3, -0.25) is 9.59 Å². The van der Waals surface area contributed by atoms with Crippen molar-refractivity contribution in [3.8, 4) is 0 Å². The van der Waals surface area contributed by atoms with Crippen LogP contribution < -0.4 is 0 Å². The average molecular weight is 334 g/mol. The molecule has 3 aromatic rings. The Labute approximate surface area is 143 Å². The Bertz CT molecular complexity index is 1030. The van der Waals surface area contributed by atoms with Crippen molar-refractivity contribution in [2.75, 3.05) is 0 Å². The molecule has 2 heterocycles. The fourth-order valence-corrected chi connectivity index (χ4v) is 2.95. The van der Waals surface area contributed by atoms with Crippen molar-refractivity contribution in [3.63, 3.8) is 0 Å². The van der Waals surface area contributed by atoms with Gasteiger partial charge in [0.15, 0.2) is 0 Å². The Kier molecular flexibility index (Phi) is 3.21. The summed E-state index contributed by atoms with van der Waals surface area (Å²) in [5.41, 5.74) is 3.57. The molecule has 0 atom stereocenters. The average Bonchev–Trinajstić information content (AvgIpc) is 3.15. The topological polar surface area (TPSA) is 79.5 Å². The fourth-order valence-electron chi connectivity index (χ4n) is 2.95. The van der Waals surface area contributed by atoms with Crippen LogP contribution in [0.2, 0.25) is 0 Å². The van der Waals surface area contributed by atoms with Crippen LogP contribution in [0, 0.1) is 13.8 Å². The molecular weight excluding hydrogens is 320 g/mol. The van der Waals surface area contributed by atoms with Crippen molar-refractivity contribution in [2.45, 2.75) is 13.8 Å².